The lowest BCUT2D eigenvalue weighted by Gasteiger charge is -2.34. The molecule has 0 aromatic heterocycles. The number of rotatable bonds is 4. The van der Waals surface area contributed by atoms with Gasteiger partial charge in [-0.2, -0.15) is 0 Å². The zero-order valence-electron chi connectivity index (χ0n) is 11.8. The standard InChI is InChI=1S/C14H19F3N2O.ClH/c1-2-13(19-9-7-18-8-10-19)11-3-5-12(6-4-11)20-14(15,16)17;/h3-6,13,18H,2,7-10H2,1H3;1H/t13-;/m0./s1. The average Bonchev–Trinajstić information content (AvgIpc) is 2.41. The molecule has 0 aliphatic carbocycles. The highest BCUT2D eigenvalue weighted by Crippen LogP contribution is 2.28. The number of nitrogens with one attached hydrogen (secondary N) is 1. The van der Waals surface area contributed by atoms with Gasteiger partial charge in [-0.3, -0.25) is 4.90 Å². The Morgan fingerprint density at radius 3 is 2.24 bits per heavy atom. The monoisotopic (exact) mass is 324 g/mol. The summed E-state index contributed by atoms with van der Waals surface area (Å²) in [4.78, 5) is 2.36. The first kappa shape index (κ1) is 18.1. The summed E-state index contributed by atoms with van der Waals surface area (Å²) in [6.45, 7) is 5.91. The molecule has 1 aromatic carbocycles. The second-order valence-corrected chi connectivity index (χ2v) is 4.83. The highest BCUT2D eigenvalue weighted by atomic mass is 35.5. The van der Waals surface area contributed by atoms with Crippen LogP contribution < -0.4 is 10.1 Å². The summed E-state index contributed by atoms with van der Waals surface area (Å²) in [7, 11) is 0. The van der Waals surface area contributed by atoms with Crippen LogP contribution in [0.2, 0.25) is 0 Å². The van der Waals surface area contributed by atoms with E-state index in [4.69, 9.17) is 0 Å². The maximum Gasteiger partial charge on any atom is 0.573 e. The highest BCUT2D eigenvalue weighted by molar-refractivity contribution is 5.85. The predicted octanol–water partition coefficient (Wildman–Crippen LogP) is 3.36. The smallest absolute Gasteiger partial charge is 0.406 e. The fourth-order valence-corrected chi connectivity index (χ4v) is 2.59. The molecule has 2 rings (SSSR count). The molecule has 1 aliphatic heterocycles. The fourth-order valence-electron chi connectivity index (χ4n) is 2.59. The van der Waals surface area contributed by atoms with Crippen LogP contribution in [0, 0.1) is 0 Å². The minimum absolute atomic E-state index is 0. The lowest BCUT2D eigenvalue weighted by Crippen LogP contribution is -2.45. The Labute approximate surface area is 128 Å². The van der Waals surface area contributed by atoms with Crippen molar-refractivity contribution in [3.8, 4) is 5.75 Å². The van der Waals surface area contributed by atoms with Crippen LogP contribution in [0.4, 0.5) is 13.2 Å². The van der Waals surface area contributed by atoms with Crippen molar-refractivity contribution in [1.82, 2.24) is 10.2 Å². The van der Waals surface area contributed by atoms with E-state index in [0.717, 1.165) is 38.2 Å². The van der Waals surface area contributed by atoms with Gasteiger partial charge in [0.25, 0.3) is 0 Å². The van der Waals surface area contributed by atoms with Crippen molar-refractivity contribution < 1.29 is 17.9 Å². The topological polar surface area (TPSA) is 24.5 Å². The zero-order valence-corrected chi connectivity index (χ0v) is 12.6. The van der Waals surface area contributed by atoms with E-state index in [-0.39, 0.29) is 24.2 Å². The maximum absolute atomic E-state index is 12.1. The first-order valence-electron chi connectivity index (χ1n) is 6.80. The third-order valence-corrected chi connectivity index (χ3v) is 3.48. The Morgan fingerprint density at radius 1 is 1.19 bits per heavy atom. The molecule has 1 fully saturated rings. The van der Waals surface area contributed by atoms with E-state index in [9.17, 15) is 13.2 Å². The molecule has 1 aromatic rings. The predicted molar refractivity (Wildman–Crippen MR) is 77.8 cm³/mol. The van der Waals surface area contributed by atoms with Gasteiger partial charge in [0, 0.05) is 32.2 Å². The molecule has 1 aliphatic rings. The number of hydrogen-bond donors (Lipinski definition) is 1. The number of halogens is 4. The minimum Gasteiger partial charge on any atom is -0.406 e. The van der Waals surface area contributed by atoms with Crippen molar-refractivity contribution in [2.24, 2.45) is 0 Å². The molecule has 0 bridgehead atoms. The van der Waals surface area contributed by atoms with E-state index < -0.39 is 6.36 Å². The lowest BCUT2D eigenvalue weighted by atomic mass is 10.0. The second kappa shape index (κ2) is 7.87. The van der Waals surface area contributed by atoms with Gasteiger partial charge in [0.15, 0.2) is 0 Å². The van der Waals surface area contributed by atoms with Gasteiger partial charge in [0.05, 0.1) is 0 Å². The molecule has 120 valence electrons. The van der Waals surface area contributed by atoms with Crippen LogP contribution in [-0.2, 0) is 0 Å². The molecule has 0 spiro atoms. The molecular formula is C14H20ClF3N2O. The summed E-state index contributed by atoms with van der Waals surface area (Å²) >= 11 is 0. The van der Waals surface area contributed by atoms with E-state index in [1.807, 2.05) is 0 Å². The van der Waals surface area contributed by atoms with Gasteiger partial charge in [-0.05, 0) is 24.1 Å². The fraction of sp³-hybridized carbons (Fsp3) is 0.571. The summed E-state index contributed by atoms with van der Waals surface area (Å²) in [6.07, 6.45) is -3.70. The molecule has 21 heavy (non-hydrogen) atoms. The average molecular weight is 325 g/mol. The largest absolute Gasteiger partial charge is 0.573 e. The molecule has 3 nitrogen and oxygen atoms in total. The zero-order chi connectivity index (χ0) is 14.6. The molecule has 1 saturated heterocycles. The number of ether oxygens (including phenoxy) is 1. The molecule has 7 heteroatoms. The van der Waals surface area contributed by atoms with Gasteiger partial charge >= 0.3 is 6.36 Å². The summed E-state index contributed by atoms with van der Waals surface area (Å²) in [5.41, 5.74) is 1.03. The molecule has 0 radical (unpaired) electrons. The number of benzene rings is 1. The molecule has 0 amide bonds. The normalized spacial score (nSPS) is 17.9. The summed E-state index contributed by atoms with van der Waals surface area (Å²) < 4.78 is 40.3. The summed E-state index contributed by atoms with van der Waals surface area (Å²) in [5.74, 6) is -0.170. The van der Waals surface area contributed by atoms with Crippen LogP contribution in [0.5, 0.6) is 5.75 Å². The Bertz CT molecular complexity index is 419. The van der Waals surface area contributed by atoms with E-state index in [0.29, 0.717) is 0 Å². The van der Waals surface area contributed by atoms with Crippen LogP contribution in [0.3, 0.4) is 0 Å². The van der Waals surface area contributed by atoms with Crippen molar-refractivity contribution in [2.75, 3.05) is 26.2 Å². The van der Waals surface area contributed by atoms with Gasteiger partial charge < -0.3 is 10.1 Å². The van der Waals surface area contributed by atoms with Crippen LogP contribution in [0.15, 0.2) is 24.3 Å². The molecule has 0 unspecified atom stereocenters. The third kappa shape index (κ3) is 5.37. The Hall–Kier alpha value is -0.980. The Kier molecular flexibility index (Phi) is 6.77. The van der Waals surface area contributed by atoms with Gasteiger partial charge in [-0.25, -0.2) is 0 Å². The van der Waals surface area contributed by atoms with Crippen molar-refractivity contribution in [1.29, 1.82) is 0 Å². The molecule has 1 N–H and O–H groups in total. The first-order chi connectivity index (χ1) is 9.49. The lowest BCUT2D eigenvalue weighted by molar-refractivity contribution is -0.274. The van der Waals surface area contributed by atoms with E-state index in [1.165, 1.54) is 12.1 Å². The Balaban J connectivity index is 0.00000220. The quantitative estimate of drug-likeness (QED) is 0.919. The molecular weight excluding hydrogens is 305 g/mol. The third-order valence-electron chi connectivity index (χ3n) is 3.48. The number of piperazine rings is 1. The van der Waals surface area contributed by atoms with Crippen LogP contribution in [0.1, 0.15) is 24.9 Å². The maximum atomic E-state index is 12.1. The number of nitrogens with zero attached hydrogens (tertiary/aromatic N) is 1. The van der Waals surface area contributed by atoms with Crippen LogP contribution in [0.25, 0.3) is 0 Å². The van der Waals surface area contributed by atoms with Crippen molar-refractivity contribution in [3.05, 3.63) is 29.8 Å². The molecule has 1 heterocycles. The SMILES string of the molecule is CC[C@@H](c1ccc(OC(F)(F)F)cc1)N1CCNCC1.Cl. The van der Waals surface area contributed by atoms with E-state index >= 15 is 0 Å². The minimum atomic E-state index is -4.63. The molecule has 1 atom stereocenters. The second-order valence-electron chi connectivity index (χ2n) is 4.83. The van der Waals surface area contributed by atoms with Gasteiger partial charge in [-0.1, -0.05) is 19.1 Å². The van der Waals surface area contributed by atoms with E-state index in [1.54, 1.807) is 12.1 Å². The van der Waals surface area contributed by atoms with Crippen molar-refractivity contribution in [3.63, 3.8) is 0 Å². The van der Waals surface area contributed by atoms with E-state index in [2.05, 4.69) is 21.9 Å². The van der Waals surface area contributed by atoms with Gasteiger partial charge in [-0.15, -0.1) is 25.6 Å². The number of alkyl halides is 3. The Morgan fingerprint density at radius 2 is 1.76 bits per heavy atom. The number of hydrogen-bond acceptors (Lipinski definition) is 3. The van der Waals surface area contributed by atoms with Crippen LogP contribution in [-0.4, -0.2) is 37.4 Å². The van der Waals surface area contributed by atoms with Gasteiger partial charge in [0.2, 0.25) is 0 Å². The van der Waals surface area contributed by atoms with Crippen molar-refractivity contribution in [2.45, 2.75) is 25.7 Å². The summed E-state index contributed by atoms with van der Waals surface area (Å²) in [5, 5.41) is 3.29. The first-order valence-corrected chi connectivity index (χ1v) is 6.80. The highest BCUT2D eigenvalue weighted by Gasteiger charge is 2.31. The molecule has 0 saturated carbocycles. The van der Waals surface area contributed by atoms with Crippen LogP contribution >= 0.6 is 12.4 Å². The van der Waals surface area contributed by atoms with Gasteiger partial charge in [0.1, 0.15) is 5.75 Å². The van der Waals surface area contributed by atoms with Crippen molar-refractivity contribution >= 4 is 12.4 Å². The summed E-state index contributed by atoms with van der Waals surface area (Å²) in [6, 6.07) is 6.45.